The SMILES string of the molecule is COc1cccc(OCc2nc(C(=O)N(C)Cc3cc(C)no3)co2)c1. The number of hydrogen-bond donors (Lipinski definition) is 0. The van der Waals surface area contributed by atoms with Gasteiger partial charge in [0.15, 0.2) is 18.1 Å². The molecule has 0 fully saturated rings. The summed E-state index contributed by atoms with van der Waals surface area (Å²) in [6.45, 7) is 2.22. The highest BCUT2D eigenvalue weighted by molar-refractivity contribution is 5.91. The molecule has 8 heteroatoms. The van der Waals surface area contributed by atoms with E-state index in [1.165, 1.54) is 11.2 Å². The van der Waals surface area contributed by atoms with Gasteiger partial charge < -0.3 is 23.3 Å². The van der Waals surface area contributed by atoms with Crippen LogP contribution < -0.4 is 9.47 Å². The van der Waals surface area contributed by atoms with E-state index in [2.05, 4.69) is 10.1 Å². The topological polar surface area (TPSA) is 90.8 Å². The fourth-order valence-corrected chi connectivity index (χ4v) is 2.30. The third kappa shape index (κ3) is 4.21. The molecule has 0 unspecified atom stereocenters. The normalized spacial score (nSPS) is 10.6. The molecule has 2 aromatic heterocycles. The number of aromatic nitrogens is 2. The van der Waals surface area contributed by atoms with Crippen molar-refractivity contribution in [1.29, 1.82) is 0 Å². The summed E-state index contributed by atoms with van der Waals surface area (Å²) >= 11 is 0. The zero-order valence-corrected chi connectivity index (χ0v) is 14.8. The number of benzene rings is 1. The van der Waals surface area contributed by atoms with Crippen LogP contribution in [0, 0.1) is 6.92 Å². The molecule has 26 heavy (non-hydrogen) atoms. The Bertz CT molecular complexity index is 886. The van der Waals surface area contributed by atoms with Crippen molar-refractivity contribution >= 4 is 5.91 Å². The molecule has 0 aliphatic heterocycles. The summed E-state index contributed by atoms with van der Waals surface area (Å²) in [5.74, 6) is 1.93. The van der Waals surface area contributed by atoms with Crippen molar-refractivity contribution < 1.29 is 23.2 Å². The average Bonchev–Trinajstić information content (AvgIpc) is 3.28. The fraction of sp³-hybridized carbons (Fsp3) is 0.278. The van der Waals surface area contributed by atoms with E-state index >= 15 is 0 Å². The van der Waals surface area contributed by atoms with Gasteiger partial charge in [-0.2, -0.15) is 0 Å². The largest absolute Gasteiger partial charge is 0.497 e. The second-order valence-electron chi connectivity index (χ2n) is 5.69. The standard InChI is InChI=1S/C18H19N3O5/c1-12-7-15(26-20-12)9-21(2)18(22)16-10-25-17(19-16)11-24-14-6-4-5-13(8-14)23-3/h4-8,10H,9,11H2,1-3H3. The summed E-state index contributed by atoms with van der Waals surface area (Å²) < 4.78 is 21.2. The van der Waals surface area contributed by atoms with E-state index in [9.17, 15) is 4.79 Å². The fourth-order valence-electron chi connectivity index (χ4n) is 2.30. The minimum atomic E-state index is -0.282. The molecule has 0 saturated heterocycles. The van der Waals surface area contributed by atoms with E-state index in [1.54, 1.807) is 32.4 Å². The number of carbonyl (C=O) groups excluding carboxylic acids is 1. The molecule has 0 N–H and O–H groups in total. The number of rotatable bonds is 7. The van der Waals surface area contributed by atoms with Gasteiger partial charge in [0.1, 0.15) is 17.8 Å². The lowest BCUT2D eigenvalue weighted by Crippen LogP contribution is -2.26. The lowest BCUT2D eigenvalue weighted by Gasteiger charge is -2.12. The molecule has 0 atom stereocenters. The Morgan fingerprint density at radius 2 is 2.08 bits per heavy atom. The first kappa shape index (κ1) is 17.5. The maximum atomic E-state index is 12.4. The number of nitrogens with zero attached hydrogens (tertiary/aromatic N) is 3. The molecule has 136 valence electrons. The molecule has 0 bridgehead atoms. The first-order valence-corrected chi connectivity index (χ1v) is 7.94. The van der Waals surface area contributed by atoms with Gasteiger partial charge in [-0.1, -0.05) is 11.2 Å². The van der Waals surface area contributed by atoms with Crippen molar-refractivity contribution in [3.63, 3.8) is 0 Å². The monoisotopic (exact) mass is 357 g/mol. The van der Waals surface area contributed by atoms with Crippen molar-refractivity contribution in [2.45, 2.75) is 20.1 Å². The van der Waals surface area contributed by atoms with E-state index in [0.717, 1.165) is 5.69 Å². The molecular weight excluding hydrogens is 338 g/mol. The Kier molecular flexibility index (Phi) is 5.21. The first-order valence-electron chi connectivity index (χ1n) is 7.94. The predicted molar refractivity (Wildman–Crippen MR) is 90.9 cm³/mol. The summed E-state index contributed by atoms with van der Waals surface area (Å²) in [5, 5.41) is 3.80. The van der Waals surface area contributed by atoms with Gasteiger partial charge >= 0.3 is 0 Å². The van der Waals surface area contributed by atoms with Crippen LogP contribution in [0.15, 0.2) is 45.5 Å². The van der Waals surface area contributed by atoms with Crippen molar-refractivity contribution in [2.24, 2.45) is 0 Å². The molecule has 0 aliphatic carbocycles. The van der Waals surface area contributed by atoms with Crippen molar-refractivity contribution in [3.05, 3.63) is 59.6 Å². The second kappa shape index (κ2) is 7.73. The summed E-state index contributed by atoms with van der Waals surface area (Å²) in [5.41, 5.74) is 0.965. The number of oxazole rings is 1. The molecule has 1 amide bonds. The van der Waals surface area contributed by atoms with Crippen LogP contribution in [-0.2, 0) is 13.2 Å². The molecule has 3 rings (SSSR count). The number of aryl methyl sites for hydroxylation is 1. The van der Waals surface area contributed by atoms with Crippen LogP contribution in [0.25, 0.3) is 0 Å². The van der Waals surface area contributed by atoms with Gasteiger partial charge in [0.2, 0.25) is 5.89 Å². The maximum absolute atomic E-state index is 12.4. The molecule has 1 aromatic carbocycles. The third-order valence-corrected chi connectivity index (χ3v) is 3.59. The van der Waals surface area contributed by atoms with Crippen LogP contribution in [0.4, 0.5) is 0 Å². The van der Waals surface area contributed by atoms with Gasteiger partial charge in [-0.3, -0.25) is 4.79 Å². The van der Waals surface area contributed by atoms with E-state index in [0.29, 0.717) is 29.7 Å². The second-order valence-corrected chi connectivity index (χ2v) is 5.69. The quantitative estimate of drug-likeness (QED) is 0.642. The Balaban J connectivity index is 1.58. The molecule has 3 aromatic rings. The Hall–Kier alpha value is -3.29. The first-order chi connectivity index (χ1) is 12.5. The lowest BCUT2D eigenvalue weighted by molar-refractivity contribution is 0.0766. The van der Waals surface area contributed by atoms with E-state index in [1.807, 2.05) is 19.1 Å². The Morgan fingerprint density at radius 3 is 2.81 bits per heavy atom. The van der Waals surface area contributed by atoms with Gasteiger partial charge in [0, 0.05) is 19.2 Å². The highest BCUT2D eigenvalue weighted by atomic mass is 16.5. The van der Waals surface area contributed by atoms with Crippen LogP contribution in [0.3, 0.4) is 0 Å². The van der Waals surface area contributed by atoms with Gasteiger partial charge in [-0.15, -0.1) is 0 Å². The van der Waals surface area contributed by atoms with E-state index in [4.69, 9.17) is 18.4 Å². The van der Waals surface area contributed by atoms with Crippen LogP contribution in [0.5, 0.6) is 11.5 Å². The average molecular weight is 357 g/mol. The van der Waals surface area contributed by atoms with Crippen molar-refractivity contribution in [2.75, 3.05) is 14.2 Å². The molecule has 0 saturated carbocycles. The number of hydrogen-bond acceptors (Lipinski definition) is 7. The molecule has 2 heterocycles. The summed E-state index contributed by atoms with van der Waals surface area (Å²) in [4.78, 5) is 18.1. The maximum Gasteiger partial charge on any atom is 0.275 e. The zero-order chi connectivity index (χ0) is 18.5. The predicted octanol–water partition coefficient (Wildman–Crippen LogP) is 2.83. The third-order valence-electron chi connectivity index (χ3n) is 3.59. The van der Waals surface area contributed by atoms with Gasteiger partial charge in [0.05, 0.1) is 19.3 Å². The van der Waals surface area contributed by atoms with Crippen molar-refractivity contribution in [3.8, 4) is 11.5 Å². The van der Waals surface area contributed by atoms with E-state index in [-0.39, 0.29) is 18.2 Å². The molecule has 8 nitrogen and oxygen atoms in total. The highest BCUT2D eigenvalue weighted by Gasteiger charge is 2.18. The van der Waals surface area contributed by atoms with Crippen LogP contribution in [-0.4, -0.2) is 35.1 Å². The summed E-state index contributed by atoms with van der Waals surface area (Å²) in [6.07, 6.45) is 1.31. The molecule has 0 radical (unpaired) electrons. The van der Waals surface area contributed by atoms with Crippen LogP contribution in [0.2, 0.25) is 0 Å². The summed E-state index contributed by atoms with van der Waals surface area (Å²) in [7, 11) is 3.24. The number of methoxy groups -OCH3 is 1. The minimum absolute atomic E-state index is 0.103. The Morgan fingerprint density at radius 1 is 1.27 bits per heavy atom. The molecular formula is C18H19N3O5. The summed E-state index contributed by atoms with van der Waals surface area (Å²) in [6, 6.07) is 8.96. The van der Waals surface area contributed by atoms with Gasteiger partial charge in [-0.25, -0.2) is 4.98 Å². The number of carbonyl (C=O) groups is 1. The Labute approximate surface area is 150 Å². The van der Waals surface area contributed by atoms with Crippen molar-refractivity contribution in [1.82, 2.24) is 15.0 Å². The van der Waals surface area contributed by atoms with Crippen LogP contribution >= 0.6 is 0 Å². The van der Waals surface area contributed by atoms with Gasteiger partial charge in [-0.05, 0) is 19.1 Å². The lowest BCUT2D eigenvalue weighted by atomic mass is 10.3. The molecule has 0 spiro atoms. The smallest absolute Gasteiger partial charge is 0.275 e. The minimum Gasteiger partial charge on any atom is -0.497 e. The van der Waals surface area contributed by atoms with Crippen LogP contribution in [0.1, 0.15) is 27.8 Å². The number of ether oxygens (including phenoxy) is 2. The zero-order valence-electron chi connectivity index (χ0n) is 14.8. The molecule has 0 aliphatic rings. The number of amides is 1. The highest BCUT2D eigenvalue weighted by Crippen LogP contribution is 2.20. The van der Waals surface area contributed by atoms with E-state index < -0.39 is 0 Å². The van der Waals surface area contributed by atoms with Gasteiger partial charge in [0.25, 0.3) is 5.91 Å².